The third kappa shape index (κ3) is 4.98. The van der Waals surface area contributed by atoms with Crippen LogP contribution < -0.4 is 0 Å². The van der Waals surface area contributed by atoms with Crippen LogP contribution in [0.25, 0.3) is 10.8 Å². The molecule has 2 nitrogen and oxygen atoms in total. The molecule has 2 rings (SSSR count). The molecule has 17 heavy (non-hydrogen) atoms. The lowest BCUT2D eigenvalue weighted by atomic mass is 10.1. The zero-order chi connectivity index (χ0) is 12.7. The summed E-state index contributed by atoms with van der Waals surface area (Å²) < 4.78 is 0. The highest BCUT2D eigenvalue weighted by molar-refractivity contribution is 5.82. The number of rotatable bonds is 1. The second kappa shape index (κ2) is 6.48. The normalized spacial score (nSPS) is 9.06. The number of carboxylic acid groups (broad SMARTS) is 1. The van der Waals surface area contributed by atoms with E-state index in [1.165, 1.54) is 16.8 Å². The Morgan fingerprint density at radius 3 is 1.47 bits per heavy atom. The first-order valence-electron chi connectivity index (χ1n) is 5.41. The average Bonchev–Trinajstić information content (AvgIpc) is 2.28. The van der Waals surface area contributed by atoms with Crippen LogP contribution in [-0.2, 0) is 4.79 Å². The fourth-order valence-electron chi connectivity index (χ4n) is 1.38. The largest absolute Gasteiger partial charge is 0.478 e. The molecule has 0 amide bonds. The van der Waals surface area contributed by atoms with E-state index >= 15 is 0 Å². The minimum Gasteiger partial charge on any atom is -0.478 e. The minimum absolute atomic E-state index is 0.813. The number of fused-ring (bicyclic) bond motifs is 1. The Labute approximate surface area is 101 Å². The quantitative estimate of drug-likeness (QED) is 0.752. The Morgan fingerprint density at radius 1 is 0.941 bits per heavy atom. The molecule has 0 aliphatic rings. The Bertz CT molecular complexity index is 458. The SMILES string of the molecule is CC(C)=CC(=O)O.c1ccc2ccccc2c1. The summed E-state index contributed by atoms with van der Waals surface area (Å²) in [4.78, 5) is 9.73. The summed E-state index contributed by atoms with van der Waals surface area (Å²) in [7, 11) is 0. The van der Waals surface area contributed by atoms with Crippen LogP contribution in [0.2, 0.25) is 0 Å². The molecular formula is C15H16O2. The average molecular weight is 228 g/mol. The van der Waals surface area contributed by atoms with Gasteiger partial charge in [-0.2, -0.15) is 0 Å². The Balaban J connectivity index is 0.000000185. The van der Waals surface area contributed by atoms with Crippen molar-refractivity contribution in [2.75, 3.05) is 0 Å². The van der Waals surface area contributed by atoms with Crippen LogP contribution in [0.1, 0.15) is 13.8 Å². The van der Waals surface area contributed by atoms with Crippen LogP contribution in [0.5, 0.6) is 0 Å². The molecule has 0 radical (unpaired) electrons. The first-order valence-corrected chi connectivity index (χ1v) is 5.41. The molecule has 0 aromatic heterocycles. The maximum atomic E-state index is 9.73. The third-order valence-corrected chi connectivity index (χ3v) is 2.07. The number of aliphatic carboxylic acids is 1. The standard InChI is InChI=1S/C10H8.C5H8O2/c1-2-6-10-8-4-3-7-9(10)5-1;1-4(2)3-5(6)7/h1-8H;3H,1-2H3,(H,6,7). The maximum absolute atomic E-state index is 9.73. The second-order valence-corrected chi connectivity index (χ2v) is 3.91. The molecule has 0 saturated heterocycles. The number of hydrogen-bond acceptors (Lipinski definition) is 1. The van der Waals surface area contributed by atoms with Crippen LogP contribution in [0.4, 0.5) is 0 Å². The maximum Gasteiger partial charge on any atom is 0.328 e. The molecule has 0 saturated carbocycles. The van der Waals surface area contributed by atoms with Gasteiger partial charge in [-0.15, -0.1) is 0 Å². The summed E-state index contributed by atoms with van der Waals surface area (Å²) in [5.41, 5.74) is 0.813. The smallest absolute Gasteiger partial charge is 0.328 e. The fourth-order valence-corrected chi connectivity index (χ4v) is 1.38. The van der Waals surface area contributed by atoms with E-state index in [9.17, 15) is 4.79 Å². The van der Waals surface area contributed by atoms with E-state index in [0.717, 1.165) is 5.57 Å². The van der Waals surface area contributed by atoms with Crippen molar-refractivity contribution >= 4 is 16.7 Å². The molecule has 2 aromatic carbocycles. The van der Waals surface area contributed by atoms with Crippen molar-refractivity contribution in [1.29, 1.82) is 0 Å². The summed E-state index contributed by atoms with van der Waals surface area (Å²) >= 11 is 0. The van der Waals surface area contributed by atoms with E-state index in [0.29, 0.717) is 0 Å². The van der Waals surface area contributed by atoms with Gasteiger partial charge in [0.1, 0.15) is 0 Å². The molecule has 0 spiro atoms. The first-order chi connectivity index (χ1) is 8.09. The van der Waals surface area contributed by atoms with Crippen LogP contribution in [0.15, 0.2) is 60.2 Å². The van der Waals surface area contributed by atoms with Gasteiger partial charge in [-0.25, -0.2) is 4.79 Å². The van der Waals surface area contributed by atoms with Crippen molar-refractivity contribution in [2.24, 2.45) is 0 Å². The minimum atomic E-state index is -0.875. The molecule has 0 aliphatic heterocycles. The highest BCUT2D eigenvalue weighted by Crippen LogP contribution is 2.11. The summed E-state index contributed by atoms with van der Waals surface area (Å²) in [6.45, 7) is 3.49. The van der Waals surface area contributed by atoms with Gasteiger partial charge in [-0.3, -0.25) is 0 Å². The van der Waals surface area contributed by atoms with Gasteiger partial charge < -0.3 is 5.11 Å². The summed E-state index contributed by atoms with van der Waals surface area (Å²) in [5, 5.41) is 10.6. The number of benzene rings is 2. The number of carbonyl (C=O) groups is 1. The van der Waals surface area contributed by atoms with Gasteiger partial charge in [0.2, 0.25) is 0 Å². The number of carboxylic acids is 1. The van der Waals surface area contributed by atoms with Gasteiger partial charge in [-0.05, 0) is 24.6 Å². The van der Waals surface area contributed by atoms with E-state index in [1.54, 1.807) is 13.8 Å². The lowest BCUT2D eigenvalue weighted by molar-refractivity contribution is -0.131. The fraction of sp³-hybridized carbons (Fsp3) is 0.133. The van der Waals surface area contributed by atoms with Gasteiger partial charge in [0.25, 0.3) is 0 Å². The van der Waals surface area contributed by atoms with Crippen molar-refractivity contribution in [3.63, 3.8) is 0 Å². The van der Waals surface area contributed by atoms with Crippen LogP contribution >= 0.6 is 0 Å². The lowest BCUT2D eigenvalue weighted by Crippen LogP contribution is -1.86. The topological polar surface area (TPSA) is 37.3 Å². The van der Waals surface area contributed by atoms with Gasteiger partial charge in [0.15, 0.2) is 0 Å². The second-order valence-electron chi connectivity index (χ2n) is 3.91. The monoisotopic (exact) mass is 228 g/mol. The summed E-state index contributed by atoms with van der Waals surface area (Å²) in [5.74, 6) is -0.875. The molecule has 2 heteroatoms. The molecule has 0 aliphatic carbocycles. The van der Waals surface area contributed by atoms with Crippen molar-refractivity contribution in [3.8, 4) is 0 Å². The third-order valence-electron chi connectivity index (χ3n) is 2.07. The van der Waals surface area contributed by atoms with Crippen molar-refractivity contribution < 1.29 is 9.90 Å². The van der Waals surface area contributed by atoms with E-state index in [2.05, 4.69) is 48.5 Å². The first kappa shape index (κ1) is 13.0. The van der Waals surface area contributed by atoms with E-state index in [-0.39, 0.29) is 0 Å². The Morgan fingerprint density at radius 2 is 1.29 bits per heavy atom. The van der Waals surface area contributed by atoms with Crippen LogP contribution in [-0.4, -0.2) is 11.1 Å². The van der Waals surface area contributed by atoms with Gasteiger partial charge in [0, 0.05) is 6.08 Å². The van der Waals surface area contributed by atoms with Gasteiger partial charge in [0.05, 0.1) is 0 Å². The number of hydrogen-bond donors (Lipinski definition) is 1. The van der Waals surface area contributed by atoms with Gasteiger partial charge >= 0.3 is 5.97 Å². The van der Waals surface area contributed by atoms with Crippen LogP contribution in [0, 0.1) is 0 Å². The van der Waals surface area contributed by atoms with Crippen molar-refractivity contribution in [3.05, 3.63) is 60.2 Å². The van der Waals surface area contributed by atoms with E-state index in [1.807, 2.05) is 0 Å². The zero-order valence-corrected chi connectivity index (χ0v) is 10.1. The summed E-state index contributed by atoms with van der Waals surface area (Å²) in [6, 6.07) is 16.7. The van der Waals surface area contributed by atoms with Gasteiger partial charge in [-0.1, -0.05) is 54.1 Å². The molecule has 0 unspecified atom stereocenters. The molecule has 0 fully saturated rings. The molecule has 88 valence electrons. The molecule has 0 bridgehead atoms. The molecule has 2 aromatic rings. The molecule has 0 heterocycles. The molecule has 0 atom stereocenters. The van der Waals surface area contributed by atoms with E-state index in [4.69, 9.17) is 5.11 Å². The predicted octanol–water partition coefficient (Wildman–Crippen LogP) is 3.88. The van der Waals surface area contributed by atoms with Crippen LogP contribution in [0.3, 0.4) is 0 Å². The molecular weight excluding hydrogens is 212 g/mol. The number of allylic oxidation sites excluding steroid dienone is 1. The van der Waals surface area contributed by atoms with E-state index < -0.39 is 5.97 Å². The molecule has 1 N–H and O–H groups in total. The predicted molar refractivity (Wildman–Crippen MR) is 71.0 cm³/mol. The Hall–Kier alpha value is -2.09. The van der Waals surface area contributed by atoms with Crippen molar-refractivity contribution in [2.45, 2.75) is 13.8 Å². The lowest BCUT2D eigenvalue weighted by Gasteiger charge is -1.92. The summed E-state index contributed by atoms with van der Waals surface area (Å²) in [6.07, 6.45) is 1.17. The highest BCUT2D eigenvalue weighted by Gasteiger charge is 1.85. The zero-order valence-electron chi connectivity index (χ0n) is 10.1. The Kier molecular flexibility index (Phi) is 4.95. The highest BCUT2D eigenvalue weighted by atomic mass is 16.4. The van der Waals surface area contributed by atoms with Crippen molar-refractivity contribution in [1.82, 2.24) is 0 Å².